The van der Waals surface area contributed by atoms with Gasteiger partial charge in [0.1, 0.15) is 5.15 Å². The lowest BCUT2D eigenvalue weighted by Crippen LogP contribution is -2.10. The van der Waals surface area contributed by atoms with Gasteiger partial charge < -0.3 is 0 Å². The van der Waals surface area contributed by atoms with E-state index in [0.29, 0.717) is 17.7 Å². The second-order valence-corrected chi connectivity index (χ2v) is 5.50. The fraction of sp³-hybridized carbons (Fsp3) is 0.750. The van der Waals surface area contributed by atoms with E-state index in [1.807, 2.05) is 14.0 Å². The Bertz CT molecular complexity index is 345. The van der Waals surface area contributed by atoms with Gasteiger partial charge in [-0.3, -0.25) is 4.68 Å². The highest BCUT2D eigenvalue weighted by Gasteiger charge is 2.17. The van der Waals surface area contributed by atoms with Crippen LogP contribution in [0.5, 0.6) is 0 Å². The summed E-state index contributed by atoms with van der Waals surface area (Å²) in [6.45, 7) is 6.44. The number of hydrogen-bond donors (Lipinski definition) is 0. The van der Waals surface area contributed by atoms with E-state index in [-0.39, 0.29) is 0 Å². The zero-order chi connectivity index (χ0) is 12.3. The molecule has 0 spiro atoms. The average molecular weight is 263 g/mol. The third-order valence-corrected chi connectivity index (χ3v) is 3.69. The molecule has 1 atom stereocenters. The van der Waals surface area contributed by atoms with Gasteiger partial charge in [0.15, 0.2) is 0 Å². The van der Waals surface area contributed by atoms with E-state index >= 15 is 0 Å². The molecule has 0 saturated heterocycles. The topological polar surface area (TPSA) is 17.8 Å². The molecule has 0 aliphatic heterocycles. The van der Waals surface area contributed by atoms with Crippen LogP contribution in [-0.4, -0.2) is 15.7 Å². The number of hydrogen-bond acceptors (Lipinski definition) is 1. The minimum Gasteiger partial charge on any atom is -0.257 e. The maximum atomic E-state index is 6.21. The molecule has 0 fully saturated rings. The van der Waals surface area contributed by atoms with Crippen molar-refractivity contribution in [1.82, 2.24) is 9.78 Å². The van der Waals surface area contributed by atoms with Gasteiger partial charge >= 0.3 is 0 Å². The molecule has 0 aliphatic carbocycles. The van der Waals surface area contributed by atoms with Crippen molar-refractivity contribution in [1.29, 1.82) is 0 Å². The molecule has 0 aromatic carbocycles. The fourth-order valence-corrected chi connectivity index (χ4v) is 2.55. The molecule has 0 amide bonds. The number of rotatable bonds is 5. The summed E-state index contributed by atoms with van der Waals surface area (Å²) in [4.78, 5) is 0. The molecular formula is C12H20Cl2N2. The van der Waals surface area contributed by atoms with Crippen LogP contribution in [0, 0.1) is 18.8 Å². The third-order valence-electron chi connectivity index (χ3n) is 2.79. The van der Waals surface area contributed by atoms with Crippen molar-refractivity contribution in [2.24, 2.45) is 18.9 Å². The van der Waals surface area contributed by atoms with Gasteiger partial charge in [-0.15, -0.1) is 11.6 Å². The van der Waals surface area contributed by atoms with Crippen LogP contribution in [0.3, 0.4) is 0 Å². The van der Waals surface area contributed by atoms with Crippen molar-refractivity contribution in [2.45, 2.75) is 33.6 Å². The Balaban J connectivity index is 2.77. The Kier molecular flexibility index (Phi) is 5.13. The van der Waals surface area contributed by atoms with E-state index in [0.717, 1.165) is 29.3 Å². The van der Waals surface area contributed by atoms with Gasteiger partial charge in [0, 0.05) is 18.5 Å². The molecule has 0 aliphatic rings. The van der Waals surface area contributed by atoms with Crippen molar-refractivity contribution in [2.75, 3.05) is 5.88 Å². The second-order valence-electron chi connectivity index (χ2n) is 4.83. The Morgan fingerprint density at radius 3 is 2.38 bits per heavy atom. The van der Waals surface area contributed by atoms with Gasteiger partial charge in [0.2, 0.25) is 0 Å². The normalized spacial score (nSPS) is 13.4. The van der Waals surface area contributed by atoms with E-state index < -0.39 is 0 Å². The summed E-state index contributed by atoms with van der Waals surface area (Å²) in [5.41, 5.74) is 2.17. The number of aryl methyl sites for hydroxylation is 2. The number of aromatic nitrogens is 2. The standard InChI is InChI=1S/C12H20Cl2N2/c1-8(2)5-10(7-13)6-11-9(3)15-16(4)12(11)14/h8,10H,5-7H2,1-4H3. The zero-order valence-corrected chi connectivity index (χ0v) is 11.9. The summed E-state index contributed by atoms with van der Waals surface area (Å²) in [5.74, 6) is 1.84. The highest BCUT2D eigenvalue weighted by molar-refractivity contribution is 6.30. The first-order valence-corrected chi connectivity index (χ1v) is 6.60. The maximum Gasteiger partial charge on any atom is 0.130 e. The van der Waals surface area contributed by atoms with Crippen molar-refractivity contribution in [3.8, 4) is 0 Å². The van der Waals surface area contributed by atoms with Gasteiger partial charge in [0.05, 0.1) is 5.69 Å². The highest BCUT2D eigenvalue weighted by atomic mass is 35.5. The minimum atomic E-state index is 0.488. The monoisotopic (exact) mass is 262 g/mol. The van der Waals surface area contributed by atoms with Gasteiger partial charge in [-0.2, -0.15) is 5.10 Å². The average Bonchev–Trinajstić information content (AvgIpc) is 2.43. The van der Waals surface area contributed by atoms with Crippen LogP contribution >= 0.6 is 23.2 Å². The van der Waals surface area contributed by atoms with E-state index in [2.05, 4.69) is 18.9 Å². The Morgan fingerprint density at radius 2 is 2.00 bits per heavy atom. The van der Waals surface area contributed by atoms with Crippen molar-refractivity contribution in [3.63, 3.8) is 0 Å². The van der Waals surface area contributed by atoms with Crippen molar-refractivity contribution in [3.05, 3.63) is 16.4 Å². The highest BCUT2D eigenvalue weighted by Crippen LogP contribution is 2.25. The van der Waals surface area contributed by atoms with Crippen LogP contribution in [0.25, 0.3) is 0 Å². The number of alkyl halides is 1. The SMILES string of the molecule is Cc1nn(C)c(Cl)c1CC(CCl)CC(C)C. The Morgan fingerprint density at radius 1 is 1.38 bits per heavy atom. The molecule has 1 rings (SSSR count). The molecule has 1 aromatic heterocycles. The van der Waals surface area contributed by atoms with Gasteiger partial charge in [-0.05, 0) is 31.6 Å². The van der Waals surface area contributed by atoms with Gasteiger partial charge in [-0.25, -0.2) is 0 Å². The van der Waals surface area contributed by atoms with Crippen LogP contribution in [0.2, 0.25) is 5.15 Å². The van der Waals surface area contributed by atoms with Crippen LogP contribution in [-0.2, 0) is 13.5 Å². The molecule has 2 nitrogen and oxygen atoms in total. The summed E-state index contributed by atoms with van der Waals surface area (Å²) in [5, 5.41) is 5.07. The molecule has 0 radical (unpaired) electrons. The summed E-state index contributed by atoms with van der Waals surface area (Å²) < 4.78 is 1.73. The maximum absolute atomic E-state index is 6.21. The van der Waals surface area contributed by atoms with Crippen molar-refractivity contribution < 1.29 is 0 Å². The molecule has 92 valence electrons. The van der Waals surface area contributed by atoms with Crippen LogP contribution in [0.15, 0.2) is 0 Å². The first-order chi connectivity index (χ1) is 7.45. The smallest absolute Gasteiger partial charge is 0.130 e. The molecule has 1 unspecified atom stereocenters. The Labute approximate surface area is 108 Å². The third kappa shape index (κ3) is 3.39. The molecule has 1 heterocycles. The summed E-state index contributed by atoms with van der Waals surface area (Å²) in [7, 11) is 1.87. The van der Waals surface area contributed by atoms with E-state index in [4.69, 9.17) is 23.2 Å². The molecule has 1 aromatic rings. The van der Waals surface area contributed by atoms with Crippen LogP contribution in [0.4, 0.5) is 0 Å². The Hall–Kier alpha value is -0.210. The summed E-state index contributed by atoms with van der Waals surface area (Å²) in [6, 6.07) is 0. The molecule has 0 bridgehead atoms. The molecule has 4 heteroatoms. The van der Waals surface area contributed by atoms with Gasteiger partial charge in [-0.1, -0.05) is 25.4 Å². The zero-order valence-electron chi connectivity index (χ0n) is 10.4. The predicted octanol–water partition coefficient (Wildman–Crippen LogP) is 3.83. The molecule has 0 saturated carbocycles. The molecule has 16 heavy (non-hydrogen) atoms. The number of nitrogens with zero attached hydrogens (tertiary/aromatic N) is 2. The van der Waals surface area contributed by atoms with Crippen molar-refractivity contribution >= 4 is 23.2 Å². The van der Waals surface area contributed by atoms with Gasteiger partial charge in [0.25, 0.3) is 0 Å². The summed E-state index contributed by atoms with van der Waals surface area (Å²) >= 11 is 12.2. The lowest BCUT2D eigenvalue weighted by Gasteiger charge is -2.16. The lowest BCUT2D eigenvalue weighted by molar-refractivity contribution is 0.440. The minimum absolute atomic E-state index is 0.488. The van der Waals surface area contributed by atoms with Crippen LogP contribution in [0.1, 0.15) is 31.5 Å². The predicted molar refractivity (Wildman–Crippen MR) is 70.3 cm³/mol. The second kappa shape index (κ2) is 5.92. The molecular weight excluding hydrogens is 243 g/mol. The summed E-state index contributed by atoms with van der Waals surface area (Å²) in [6.07, 6.45) is 2.06. The first-order valence-electron chi connectivity index (χ1n) is 5.69. The first kappa shape index (κ1) is 13.9. The van der Waals surface area contributed by atoms with E-state index in [1.54, 1.807) is 4.68 Å². The largest absolute Gasteiger partial charge is 0.257 e. The fourth-order valence-electron chi connectivity index (χ4n) is 2.06. The number of halogens is 2. The lowest BCUT2D eigenvalue weighted by atomic mass is 9.93. The van der Waals surface area contributed by atoms with E-state index in [9.17, 15) is 0 Å². The van der Waals surface area contributed by atoms with E-state index in [1.165, 1.54) is 0 Å². The quantitative estimate of drug-likeness (QED) is 0.738. The van der Waals surface area contributed by atoms with Crippen LogP contribution < -0.4 is 0 Å². The molecule has 0 N–H and O–H groups in total.